The summed E-state index contributed by atoms with van der Waals surface area (Å²) < 4.78 is 48.6. The van der Waals surface area contributed by atoms with E-state index in [-0.39, 0.29) is 18.3 Å². The lowest BCUT2D eigenvalue weighted by molar-refractivity contribution is -0.146. The molecule has 0 unspecified atom stereocenters. The first-order valence-electron chi connectivity index (χ1n) is 7.25. The molecule has 0 radical (unpaired) electrons. The number of benzene rings is 1. The standard InChI is InChI=1S/C16H22F3NO3/c1-11(2)13-6-5-12(16(17,18)19)9-14(13)23-10-15(21)22-8-7-20(3)4/h5-6,9,11H,7-8,10H2,1-4H3. The molecule has 130 valence electrons. The van der Waals surface area contributed by atoms with Crippen LogP contribution in [0, 0.1) is 0 Å². The van der Waals surface area contributed by atoms with E-state index in [9.17, 15) is 18.0 Å². The van der Waals surface area contributed by atoms with Crippen molar-refractivity contribution in [1.82, 2.24) is 4.90 Å². The molecule has 1 rings (SSSR count). The predicted molar refractivity (Wildman–Crippen MR) is 80.5 cm³/mol. The number of halogens is 3. The van der Waals surface area contributed by atoms with Gasteiger partial charge in [-0.05, 0) is 37.7 Å². The minimum absolute atomic E-state index is 0.0305. The summed E-state index contributed by atoms with van der Waals surface area (Å²) in [5.41, 5.74) is -0.197. The second kappa shape index (κ2) is 8.19. The van der Waals surface area contributed by atoms with Gasteiger partial charge in [0.1, 0.15) is 12.4 Å². The molecule has 7 heteroatoms. The SMILES string of the molecule is CC(C)c1ccc(C(F)(F)F)cc1OCC(=O)OCCN(C)C. The van der Waals surface area contributed by atoms with Crippen LogP contribution in [0.15, 0.2) is 18.2 Å². The summed E-state index contributed by atoms with van der Waals surface area (Å²) in [5.74, 6) is -0.588. The van der Waals surface area contributed by atoms with E-state index < -0.39 is 24.3 Å². The molecule has 23 heavy (non-hydrogen) atoms. The summed E-state index contributed by atoms with van der Waals surface area (Å²) in [4.78, 5) is 13.4. The molecule has 0 fully saturated rings. The zero-order chi connectivity index (χ0) is 17.6. The number of carbonyl (C=O) groups excluding carboxylic acids is 1. The van der Waals surface area contributed by atoms with Gasteiger partial charge in [0, 0.05) is 6.54 Å². The van der Waals surface area contributed by atoms with Crippen molar-refractivity contribution in [2.75, 3.05) is 33.9 Å². The Morgan fingerprint density at radius 1 is 1.26 bits per heavy atom. The van der Waals surface area contributed by atoms with Crippen molar-refractivity contribution in [3.8, 4) is 5.75 Å². The first-order valence-corrected chi connectivity index (χ1v) is 7.25. The van der Waals surface area contributed by atoms with E-state index in [4.69, 9.17) is 9.47 Å². The molecular formula is C16H22F3NO3. The van der Waals surface area contributed by atoms with Gasteiger partial charge in [-0.15, -0.1) is 0 Å². The Kier molecular flexibility index (Phi) is 6.87. The Hall–Kier alpha value is -1.76. The minimum atomic E-state index is -4.46. The van der Waals surface area contributed by atoms with Gasteiger partial charge in [-0.25, -0.2) is 4.79 Å². The van der Waals surface area contributed by atoms with Gasteiger partial charge in [0.15, 0.2) is 6.61 Å². The third-order valence-electron chi connectivity index (χ3n) is 3.11. The molecule has 0 aliphatic heterocycles. The number of ether oxygens (including phenoxy) is 2. The van der Waals surface area contributed by atoms with Crippen molar-refractivity contribution in [2.45, 2.75) is 25.9 Å². The molecule has 1 aromatic rings. The maximum absolute atomic E-state index is 12.8. The molecule has 0 heterocycles. The van der Waals surface area contributed by atoms with Crippen LogP contribution < -0.4 is 4.74 Å². The van der Waals surface area contributed by atoms with Crippen molar-refractivity contribution >= 4 is 5.97 Å². The van der Waals surface area contributed by atoms with E-state index in [1.807, 2.05) is 32.8 Å². The first-order chi connectivity index (χ1) is 10.6. The molecule has 0 aromatic heterocycles. The molecule has 0 saturated heterocycles. The predicted octanol–water partition coefficient (Wildman–Crippen LogP) is 3.31. The van der Waals surface area contributed by atoms with Crippen LogP contribution in [0.5, 0.6) is 5.75 Å². The Morgan fingerprint density at radius 3 is 2.43 bits per heavy atom. The van der Waals surface area contributed by atoms with Crippen molar-refractivity contribution in [3.05, 3.63) is 29.3 Å². The lowest BCUT2D eigenvalue weighted by atomic mass is 10.00. The fraction of sp³-hybridized carbons (Fsp3) is 0.562. The Bertz CT molecular complexity index is 528. The molecule has 0 amide bonds. The van der Waals surface area contributed by atoms with Crippen LogP contribution in [0.1, 0.15) is 30.9 Å². The zero-order valence-corrected chi connectivity index (χ0v) is 13.7. The second-order valence-electron chi connectivity index (χ2n) is 5.72. The summed E-state index contributed by atoms with van der Waals surface area (Å²) in [6.45, 7) is 4.02. The number of nitrogens with zero attached hydrogens (tertiary/aromatic N) is 1. The van der Waals surface area contributed by atoms with Crippen LogP contribution in [0.4, 0.5) is 13.2 Å². The van der Waals surface area contributed by atoms with Gasteiger partial charge >= 0.3 is 12.1 Å². The van der Waals surface area contributed by atoms with Gasteiger partial charge in [0.05, 0.1) is 5.56 Å². The average Bonchev–Trinajstić information content (AvgIpc) is 2.43. The largest absolute Gasteiger partial charge is 0.482 e. The summed E-state index contributed by atoms with van der Waals surface area (Å²) in [7, 11) is 3.67. The normalized spacial score (nSPS) is 11.9. The zero-order valence-electron chi connectivity index (χ0n) is 13.7. The van der Waals surface area contributed by atoms with Crippen molar-refractivity contribution in [1.29, 1.82) is 0 Å². The van der Waals surface area contributed by atoms with Gasteiger partial charge in [0.2, 0.25) is 0 Å². The van der Waals surface area contributed by atoms with Crippen molar-refractivity contribution < 1.29 is 27.4 Å². The number of likely N-dealkylation sites (N-methyl/N-ethyl adjacent to an activating group) is 1. The van der Waals surface area contributed by atoms with E-state index in [0.717, 1.165) is 12.1 Å². The highest BCUT2D eigenvalue weighted by Crippen LogP contribution is 2.35. The van der Waals surface area contributed by atoms with Gasteiger partial charge < -0.3 is 14.4 Å². The van der Waals surface area contributed by atoms with Crippen LogP contribution in [-0.2, 0) is 15.7 Å². The fourth-order valence-electron chi connectivity index (χ4n) is 1.83. The average molecular weight is 333 g/mol. The van der Waals surface area contributed by atoms with Gasteiger partial charge in [-0.2, -0.15) is 13.2 Å². The van der Waals surface area contributed by atoms with Crippen LogP contribution in [0.25, 0.3) is 0 Å². The molecule has 0 bridgehead atoms. The summed E-state index contributed by atoms with van der Waals surface area (Å²) >= 11 is 0. The number of hydrogen-bond acceptors (Lipinski definition) is 4. The molecule has 0 aliphatic rings. The number of rotatable bonds is 7. The second-order valence-corrected chi connectivity index (χ2v) is 5.72. The number of esters is 1. The van der Waals surface area contributed by atoms with Crippen LogP contribution >= 0.6 is 0 Å². The van der Waals surface area contributed by atoms with Gasteiger partial charge in [-0.3, -0.25) is 0 Å². The highest BCUT2D eigenvalue weighted by Gasteiger charge is 2.31. The summed E-state index contributed by atoms with van der Waals surface area (Å²) in [6.07, 6.45) is -4.46. The van der Waals surface area contributed by atoms with Crippen LogP contribution in [0.3, 0.4) is 0 Å². The van der Waals surface area contributed by atoms with E-state index in [2.05, 4.69) is 0 Å². The van der Waals surface area contributed by atoms with Gasteiger partial charge in [0.25, 0.3) is 0 Å². The van der Waals surface area contributed by atoms with Crippen LogP contribution in [-0.4, -0.2) is 44.7 Å². The van der Waals surface area contributed by atoms with E-state index >= 15 is 0 Å². The molecule has 4 nitrogen and oxygen atoms in total. The smallest absolute Gasteiger partial charge is 0.416 e. The number of alkyl halides is 3. The molecule has 0 N–H and O–H groups in total. The lowest BCUT2D eigenvalue weighted by Crippen LogP contribution is -2.23. The Balaban J connectivity index is 2.75. The number of carbonyl (C=O) groups is 1. The molecule has 0 spiro atoms. The first kappa shape index (κ1) is 19.3. The van der Waals surface area contributed by atoms with E-state index in [1.54, 1.807) is 0 Å². The monoisotopic (exact) mass is 333 g/mol. The van der Waals surface area contributed by atoms with E-state index in [1.165, 1.54) is 6.07 Å². The van der Waals surface area contributed by atoms with E-state index in [0.29, 0.717) is 12.1 Å². The maximum atomic E-state index is 12.8. The molecule has 0 saturated carbocycles. The molecule has 0 atom stereocenters. The van der Waals surface area contributed by atoms with Crippen molar-refractivity contribution in [3.63, 3.8) is 0 Å². The van der Waals surface area contributed by atoms with Crippen LogP contribution in [0.2, 0.25) is 0 Å². The molecular weight excluding hydrogens is 311 g/mol. The Morgan fingerprint density at radius 2 is 1.91 bits per heavy atom. The summed E-state index contributed by atoms with van der Waals surface area (Å²) in [6, 6.07) is 3.31. The number of hydrogen-bond donors (Lipinski definition) is 0. The quantitative estimate of drug-likeness (QED) is 0.718. The highest BCUT2D eigenvalue weighted by atomic mass is 19.4. The maximum Gasteiger partial charge on any atom is 0.416 e. The lowest BCUT2D eigenvalue weighted by Gasteiger charge is -2.16. The van der Waals surface area contributed by atoms with Crippen molar-refractivity contribution in [2.24, 2.45) is 0 Å². The van der Waals surface area contributed by atoms with Gasteiger partial charge in [-0.1, -0.05) is 19.9 Å². The highest BCUT2D eigenvalue weighted by molar-refractivity contribution is 5.71. The minimum Gasteiger partial charge on any atom is -0.482 e. The molecule has 0 aliphatic carbocycles. The molecule has 1 aromatic carbocycles. The Labute approximate surface area is 134 Å². The summed E-state index contributed by atoms with van der Waals surface area (Å²) in [5, 5.41) is 0. The third-order valence-corrected chi connectivity index (χ3v) is 3.11. The topological polar surface area (TPSA) is 38.8 Å². The fourth-order valence-corrected chi connectivity index (χ4v) is 1.83. The third kappa shape index (κ3) is 6.48.